The van der Waals surface area contributed by atoms with E-state index >= 15 is 0 Å². The van der Waals surface area contributed by atoms with Crippen molar-refractivity contribution in [3.05, 3.63) is 0 Å². The van der Waals surface area contributed by atoms with E-state index in [9.17, 15) is 4.21 Å². The third kappa shape index (κ3) is 1.20. The van der Waals surface area contributed by atoms with Gasteiger partial charge in [0.2, 0.25) is 0 Å². The molecular formula is C4H9NO2S. The van der Waals surface area contributed by atoms with Crippen molar-refractivity contribution in [2.24, 2.45) is 5.92 Å². The third-order valence-corrected chi connectivity index (χ3v) is 2.57. The maximum atomic E-state index is 10.6. The molecule has 1 rings (SSSR count). The minimum atomic E-state index is -2.60. The first kappa shape index (κ1) is 6.04. The van der Waals surface area contributed by atoms with E-state index in [4.69, 9.17) is 4.78 Å². The number of rotatable bonds is 0. The van der Waals surface area contributed by atoms with E-state index in [1.165, 1.54) is 0 Å². The van der Waals surface area contributed by atoms with Gasteiger partial charge >= 0.3 is 0 Å². The second kappa shape index (κ2) is 1.70. The van der Waals surface area contributed by atoms with Crippen LogP contribution in [0.3, 0.4) is 0 Å². The van der Waals surface area contributed by atoms with Crippen LogP contribution in [0.5, 0.6) is 0 Å². The van der Waals surface area contributed by atoms with Gasteiger partial charge in [0.1, 0.15) is 0 Å². The summed E-state index contributed by atoms with van der Waals surface area (Å²) in [5.41, 5.74) is 0. The predicted octanol–water partition coefficient (Wildman–Crippen LogP) is 0.614. The van der Waals surface area contributed by atoms with Gasteiger partial charge in [-0.25, -0.2) is 8.99 Å². The second-order valence-electron chi connectivity index (χ2n) is 2.17. The highest BCUT2D eigenvalue weighted by Crippen LogP contribution is 2.13. The summed E-state index contributed by atoms with van der Waals surface area (Å²) >= 11 is 0. The molecule has 48 valence electrons. The molecule has 0 aromatic heterocycles. The summed E-state index contributed by atoms with van der Waals surface area (Å²) in [7, 11) is -2.60. The minimum absolute atomic E-state index is 0.306. The fourth-order valence-corrected chi connectivity index (χ4v) is 2.09. The van der Waals surface area contributed by atoms with E-state index in [-0.39, 0.29) is 0 Å². The Morgan fingerprint density at radius 1 is 1.88 bits per heavy atom. The summed E-state index contributed by atoms with van der Waals surface area (Å²) in [6.07, 6.45) is 0. The van der Waals surface area contributed by atoms with Crippen molar-refractivity contribution in [1.29, 1.82) is 4.78 Å². The van der Waals surface area contributed by atoms with Crippen LogP contribution in [0.2, 0.25) is 0 Å². The van der Waals surface area contributed by atoms with Gasteiger partial charge < -0.3 is 0 Å². The Morgan fingerprint density at radius 3 is 2.62 bits per heavy atom. The van der Waals surface area contributed by atoms with Gasteiger partial charge in [0.05, 0.1) is 12.4 Å². The van der Waals surface area contributed by atoms with E-state index in [2.05, 4.69) is 4.18 Å². The molecule has 2 unspecified atom stereocenters. The number of hydrogen-bond acceptors (Lipinski definition) is 3. The van der Waals surface area contributed by atoms with Crippen molar-refractivity contribution >= 4 is 10.0 Å². The van der Waals surface area contributed by atoms with Crippen molar-refractivity contribution in [2.45, 2.75) is 6.92 Å². The van der Waals surface area contributed by atoms with Crippen LogP contribution in [0.4, 0.5) is 0 Å². The van der Waals surface area contributed by atoms with Gasteiger partial charge in [-0.15, -0.1) is 0 Å². The molecule has 2 atom stereocenters. The predicted molar refractivity (Wildman–Crippen MR) is 30.8 cm³/mol. The van der Waals surface area contributed by atoms with E-state index in [0.717, 1.165) is 0 Å². The van der Waals surface area contributed by atoms with Crippen LogP contribution in [0, 0.1) is 10.7 Å². The van der Waals surface area contributed by atoms with Crippen LogP contribution in [-0.2, 0) is 14.2 Å². The molecule has 1 N–H and O–H groups in total. The monoisotopic (exact) mass is 135 g/mol. The van der Waals surface area contributed by atoms with Gasteiger partial charge in [-0.05, 0) is 5.92 Å². The highest BCUT2D eigenvalue weighted by molar-refractivity contribution is 7.87. The SMILES string of the molecule is CC1COS(=N)(=O)C1. The molecule has 1 aliphatic heterocycles. The summed E-state index contributed by atoms with van der Waals surface area (Å²) < 4.78 is 22.2. The van der Waals surface area contributed by atoms with Crippen LogP contribution in [0.25, 0.3) is 0 Å². The first-order chi connectivity index (χ1) is 3.60. The minimum Gasteiger partial charge on any atom is -0.285 e. The molecule has 0 bridgehead atoms. The molecule has 1 aliphatic rings. The average molecular weight is 135 g/mol. The summed E-state index contributed by atoms with van der Waals surface area (Å²) in [6, 6.07) is 0. The molecule has 4 heteroatoms. The molecule has 1 heterocycles. The number of nitrogens with one attached hydrogen (secondary N) is 1. The van der Waals surface area contributed by atoms with Crippen molar-refractivity contribution in [3.8, 4) is 0 Å². The molecule has 1 fully saturated rings. The quantitative estimate of drug-likeness (QED) is 0.529. The summed E-state index contributed by atoms with van der Waals surface area (Å²) in [6.45, 7) is 2.42. The molecule has 8 heavy (non-hydrogen) atoms. The molecule has 3 nitrogen and oxygen atoms in total. The van der Waals surface area contributed by atoms with Crippen molar-refractivity contribution in [2.75, 3.05) is 12.4 Å². The zero-order chi connectivity index (χ0) is 6.20. The molecule has 0 spiro atoms. The van der Waals surface area contributed by atoms with Crippen LogP contribution in [0.15, 0.2) is 0 Å². The van der Waals surface area contributed by atoms with Gasteiger partial charge in [-0.1, -0.05) is 6.92 Å². The largest absolute Gasteiger partial charge is 0.285 e. The van der Waals surface area contributed by atoms with E-state index in [1.54, 1.807) is 0 Å². The summed E-state index contributed by atoms with van der Waals surface area (Å²) in [5, 5.41) is 0. The molecule has 0 aromatic rings. The lowest BCUT2D eigenvalue weighted by atomic mass is 10.2. The van der Waals surface area contributed by atoms with Crippen LogP contribution >= 0.6 is 0 Å². The van der Waals surface area contributed by atoms with Crippen LogP contribution in [-0.4, -0.2) is 16.6 Å². The zero-order valence-corrected chi connectivity index (χ0v) is 5.53. The summed E-state index contributed by atoms with van der Waals surface area (Å²) in [5.74, 6) is 0.715. The fourth-order valence-electron chi connectivity index (χ4n) is 0.697. The standard InChI is InChI=1S/C4H9NO2S/c1-4-2-7-8(5,6)3-4/h4-5H,2-3H2,1H3. The molecule has 0 aliphatic carbocycles. The topological polar surface area (TPSA) is 50.1 Å². The average Bonchev–Trinajstić information content (AvgIpc) is 1.82. The molecule has 0 radical (unpaired) electrons. The van der Waals surface area contributed by atoms with Gasteiger partial charge in [0.15, 0.2) is 10.0 Å². The number of hydrogen-bond donors (Lipinski definition) is 1. The van der Waals surface area contributed by atoms with Crippen molar-refractivity contribution in [3.63, 3.8) is 0 Å². The van der Waals surface area contributed by atoms with Gasteiger partial charge in [-0.2, -0.15) is 0 Å². The first-order valence-corrected chi connectivity index (χ1v) is 4.16. The molecule has 0 aromatic carbocycles. The Kier molecular flexibility index (Phi) is 1.28. The second-order valence-corrected chi connectivity index (χ2v) is 3.97. The maximum absolute atomic E-state index is 10.6. The third-order valence-electron chi connectivity index (χ3n) is 1.05. The normalized spacial score (nSPS) is 47.4. The van der Waals surface area contributed by atoms with Crippen molar-refractivity contribution < 1.29 is 8.39 Å². The maximum Gasteiger partial charge on any atom is 0.161 e. The summed E-state index contributed by atoms with van der Waals surface area (Å²) in [4.78, 5) is 0. The van der Waals surface area contributed by atoms with Gasteiger partial charge in [0, 0.05) is 0 Å². The van der Waals surface area contributed by atoms with Crippen molar-refractivity contribution in [1.82, 2.24) is 0 Å². The van der Waals surface area contributed by atoms with Gasteiger partial charge in [-0.3, -0.25) is 4.18 Å². The van der Waals surface area contributed by atoms with Crippen LogP contribution < -0.4 is 0 Å². The van der Waals surface area contributed by atoms with Crippen LogP contribution in [0.1, 0.15) is 6.92 Å². The van der Waals surface area contributed by atoms with E-state index < -0.39 is 10.0 Å². The fraction of sp³-hybridized carbons (Fsp3) is 1.00. The lowest BCUT2D eigenvalue weighted by molar-refractivity contribution is 0.335. The molecular weight excluding hydrogens is 126 g/mol. The highest BCUT2D eigenvalue weighted by atomic mass is 32.2. The lowest BCUT2D eigenvalue weighted by Crippen LogP contribution is -1.98. The Morgan fingerprint density at radius 2 is 2.50 bits per heavy atom. The molecule has 0 saturated carbocycles. The first-order valence-electron chi connectivity index (χ1n) is 2.51. The van der Waals surface area contributed by atoms with Gasteiger partial charge in [0.25, 0.3) is 0 Å². The smallest absolute Gasteiger partial charge is 0.161 e. The lowest BCUT2D eigenvalue weighted by Gasteiger charge is -1.89. The highest BCUT2D eigenvalue weighted by Gasteiger charge is 2.21. The Labute approximate surface area is 49.2 Å². The Bertz CT molecular complexity index is 172. The Balaban J connectivity index is 2.71. The van der Waals surface area contributed by atoms with E-state index in [1.807, 2.05) is 6.92 Å². The zero-order valence-electron chi connectivity index (χ0n) is 4.72. The van der Waals surface area contributed by atoms with E-state index in [0.29, 0.717) is 18.3 Å². The molecule has 0 amide bonds. The molecule has 1 saturated heterocycles. The Hall–Kier alpha value is -0.0900.